The third-order valence-electron chi connectivity index (χ3n) is 4.64. The van der Waals surface area contributed by atoms with E-state index in [9.17, 15) is 4.79 Å². The lowest BCUT2D eigenvalue weighted by atomic mass is 10.00. The summed E-state index contributed by atoms with van der Waals surface area (Å²) in [6.07, 6.45) is 0. The van der Waals surface area contributed by atoms with E-state index < -0.39 is 0 Å². The van der Waals surface area contributed by atoms with Crippen molar-refractivity contribution in [2.24, 2.45) is 0 Å². The van der Waals surface area contributed by atoms with Crippen molar-refractivity contribution < 1.29 is 9.32 Å². The van der Waals surface area contributed by atoms with Crippen LogP contribution < -0.4 is 0 Å². The molecule has 2 aromatic carbocycles. The van der Waals surface area contributed by atoms with Crippen LogP contribution in [0, 0.1) is 27.7 Å². The van der Waals surface area contributed by atoms with Crippen LogP contribution in [0.3, 0.4) is 0 Å². The van der Waals surface area contributed by atoms with E-state index in [-0.39, 0.29) is 12.5 Å². The predicted octanol–water partition coefficient (Wildman–Crippen LogP) is 4.24. The van der Waals surface area contributed by atoms with Crippen molar-refractivity contribution in [3.63, 3.8) is 0 Å². The van der Waals surface area contributed by atoms with Crippen LogP contribution in [0.15, 0.2) is 40.9 Å². The summed E-state index contributed by atoms with van der Waals surface area (Å²) in [6, 6.07) is 11.9. The average molecular weight is 349 g/mol. The molecule has 0 bridgehead atoms. The van der Waals surface area contributed by atoms with E-state index in [1.54, 1.807) is 11.9 Å². The minimum Gasteiger partial charge on any atom is -0.337 e. The van der Waals surface area contributed by atoms with Crippen molar-refractivity contribution in [3.05, 3.63) is 70.1 Å². The van der Waals surface area contributed by atoms with Crippen LogP contribution >= 0.6 is 0 Å². The number of hydrogen-bond acceptors (Lipinski definition) is 4. The van der Waals surface area contributed by atoms with Crippen LogP contribution in [-0.4, -0.2) is 28.0 Å². The second-order valence-corrected chi connectivity index (χ2v) is 6.74. The number of benzene rings is 2. The fourth-order valence-corrected chi connectivity index (χ4v) is 2.92. The average Bonchev–Trinajstić information content (AvgIpc) is 3.06. The number of rotatable bonds is 4. The smallest absolute Gasteiger partial charge is 0.254 e. The summed E-state index contributed by atoms with van der Waals surface area (Å²) in [7, 11) is 1.74. The predicted molar refractivity (Wildman–Crippen MR) is 101 cm³/mol. The monoisotopic (exact) mass is 349 g/mol. The lowest BCUT2D eigenvalue weighted by Crippen LogP contribution is -2.27. The van der Waals surface area contributed by atoms with Gasteiger partial charge in [-0.05, 0) is 56.0 Å². The van der Waals surface area contributed by atoms with E-state index in [4.69, 9.17) is 4.52 Å². The number of nitrogens with zero attached hydrogens (tertiary/aromatic N) is 3. The summed E-state index contributed by atoms with van der Waals surface area (Å²) in [5, 5.41) is 4.05. The fourth-order valence-electron chi connectivity index (χ4n) is 2.92. The van der Waals surface area contributed by atoms with E-state index in [1.807, 2.05) is 64.1 Å². The molecule has 26 heavy (non-hydrogen) atoms. The molecule has 0 unspecified atom stereocenters. The molecule has 0 saturated carbocycles. The second kappa shape index (κ2) is 7.12. The van der Waals surface area contributed by atoms with Gasteiger partial charge in [-0.15, -0.1) is 0 Å². The van der Waals surface area contributed by atoms with Gasteiger partial charge in [-0.2, -0.15) is 4.98 Å². The molecule has 0 N–H and O–H groups in total. The Bertz CT molecular complexity index is 960. The van der Waals surface area contributed by atoms with Crippen molar-refractivity contribution in [3.8, 4) is 11.4 Å². The maximum Gasteiger partial charge on any atom is 0.254 e. The Kier molecular flexibility index (Phi) is 4.89. The van der Waals surface area contributed by atoms with Crippen LogP contribution in [0.25, 0.3) is 11.4 Å². The first-order chi connectivity index (χ1) is 12.4. The lowest BCUT2D eigenvalue weighted by Gasteiger charge is -2.17. The normalized spacial score (nSPS) is 10.8. The first-order valence-electron chi connectivity index (χ1n) is 8.58. The van der Waals surface area contributed by atoms with E-state index in [1.165, 1.54) is 5.56 Å². The molecule has 5 nitrogen and oxygen atoms in total. The van der Waals surface area contributed by atoms with Gasteiger partial charge >= 0.3 is 0 Å². The zero-order valence-corrected chi connectivity index (χ0v) is 15.8. The number of carbonyl (C=O) groups is 1. The molecule has 0 aliphatic heterocycles. The van der Waals surface area contributed by atoms with Gasteiger partial charge in [-0.25, -0.2) is 0 Å². The maximum atomic E-state index is 12.8. The second-order valence-electron chi connectivity index (χ2n) is 6.74. The van der Waals surface area contributed by atoms with Crippen LogP contribution in [0.1, 0.15) is 38.5 Å². The van der Waals surface area contributed by atoms with Crippen LogP contribution in [0.2, 0.25) is 0 Å². The summed E-state index contributed by atoms with van der Waals surface area (Å²) in [4.78, 5) is 18.8. The number of aromatic nitrogens is 2. The van der Waals surface area contributed by atoms with Gasteiger partial charge in [0, 0.05) is 18.2 Å². The fraction of sp³-hybridized carbons (Fsp3) is 0.286. The highest BCUT2D eigenvalue weighted by molar-refractivity contribution is 5.95. The van der Waals surface area contributed by atoms with Crippen LogP contribution in [0.4, 0.5) is 0 Å². The molecule has 134 valence electrons. The Morgan fingerprint density at radius 1 is 1.00 bits per heavy atom. The molecular formula is C21H23N3O2. The zero-order valence-electron chi connectivity index (χ0n) is 15.8. The number of amides is 1. The molecule has 0 aliphatic carbocycles. The summed E-state index contributed by atoms with van der Waals surface area (Å²) in [5.74, 6) is 0.906. The molecule has 0 saturated heterocycles. The molecule has 1 heterocycles. The Balaban J connectivity index is 1.78. The molecule has 5 heteroatoms. The maximum absolute atomic E-state index is 12.8. The van der Waals surface area contributed by atoms with Crippen molar-refractivity contribution in [2.75, 3.05) is 7.05 Å². The quantitative estimate of drug-likeness (QED) is 0.707. The number of hydrogen-bond donors (Lipinski definition) is 0. The van der Waals surface area contributed by atoms with Crippen LogP contribution in [0.5, 0.6) is 0 Å². The highest BCUT2D eigenvalue weighted by Crippen LogP contribution is 2.21. The SMILES string of the molecule is Cc1cc(C)c(C(=O)N(C)Cc2nc(-c3ccccc3C)no2)cc1C. The molecule has 3 aromatic rings. The summed E-state index contributed by atoms with van der Waals surface area (Å²) in [5.41, 5.74) is 5.97. The van der Waals surface area contributed by atoms with Crippen molar-refractivity contribution in [2.45, 2.75) is 34.2 Å². The van der Waals surface area contributed by atoms with Crippen molar-refractivity contribution in [1.29, 1.82) is 0 Å². The molecule has 3 rings (SSSR count). The van der Waals surface area contributed by atoms with E-state index in [2.05, 4.69) is 10.1 Å². The highest BCUT2D eigenvalue weighted by Gasteiger charge is 2.18. The summed E-state index contributed by atoms with van der Waals surface area (Å²) in [6.45, 7) is 8.29. The highest BCUT2D eigenvalue weighted by atomic mass is 16.5. The molecule has 0 radical (unpaired) electrons. The van der Waals surface area contributed by atoms with Crippen LogP contribution in [-0.2, 0) is 6.54 Å². The molecule has 1 aromatic heterocycles. The van der Waals surface area contributed by atoms with Gasteiger partial charge in [0.2, 0.25) is 11.7 Å². The molecule has 0 atom stereocenters. The largest absolute Gasteiger partial charge is 0.337 e. The minimum absolute atomic E-state index is 0.0544. The van der Waals surface area contributed by atoms with Gasteiger partial charge < -0.3 is 9.42 Å². The van der Waals surface area contributed by atoms with Gasteiger partial charge in [0.05, 0.1) is 6.54 Å². The molecule has 0 aliphatic rings. The third kappa shape index (κ3) is 3.52. The van der Waals surface area contributed by atoms with Crippen molar-refractivity contribution in [1.82, 2.24) is 15.0 Å². The lowest BCUT2D eigenvalue weighted by molar-refractivity contribution is 0.0768. The third-order valence-corrected chi connectivity index (χ3v) is 4.64. The number of carbonyl (C=O) groups excluding carboxylic acids is 1. The molecule has 0 fully saturated rings. The standard InChI is InChI=1S/C21H23N3O2/c1-13-8-6-7-9-17(13)20-22-19(26-23-20)12-24(5)21(25)18-11-15(3)14(2)10-16(18)4/h6-11H,12H2,1-5H3. The van der Waals surface area contributed by atoms with E-state index >= 15 is 0 Å². The van der Waals surface area contributed by atoms with Crippen molar-refractivity contribution >= 4 is 5.91 Å². The summed E-state index contributed by atoms with van der Waals surface area (Å²) >= 11 is 0. The molecule has 0 spiro atoms. The molecule has 1 amide bonds. The van der Waals surface area contributed by atoms with Gasteiger partial charge in [-0.3, -0.25) is 4.79 Å². The van der Waals surface area contributed by atoms with Gasteiger partial charge in [0.15, 0.2) is 0 Å². The zero-order chi connectivity index (χ0) is 18.8. The van der Waals surface area contributed by atoms with E-state index in [0.29, 0.717) is 17.3 Å². The first-order valence-corrected chi connectivity index (χ1v) is 8.58. The first kappa shape index (κ1) is 17.9. The Labute approximate surface area is 153 Å². The topological polar surface area (TPSA) is 59.2 Å². The van der Waals surface area contributed by atoms with Gasteiger partial charge in [-0.1, -0.05) is 35.5 Å². The Hall–Kier alpha value is -2.95. The van der Waals surface area contributed by atoms with E-state index in [0.717, 1.165) is 22.3 Å². The Morgan fingerprint density at radius 2 is 1.69 bits per heavy atom. The van der Waals surface area contributed by atoms with Gasteiger partial charge in [0.1, 0.15) is 0 Å². The Morgan fingerprint density at radius 3 is 2.42 bits per heavy atom. The molecular weight excluding hydrogens is 326 g/mol. The number of aryl methyl sites for hydroxylation is 4. The minimum atomic E-state index is -0.0544. The summed E-state index contributed by atoms with van der Waals surface area (Å²) < 4.78 is 5.35. The van der Waals surface area contributed by atoms with Gasteiger partial charge in [0.25, 0.3) is 5.91 Å².